The summed E-state index contributed by atoms with van der Waals surface area (Å²) >= 11 is 0. The first-order valence-electron chi connectivity index (χ1n) is 19.9. The number of carbonyl (C=O) groups is 6. The fourth-order valence-electron chi connectivity index (χ4n) is 7.74. The normalized spacial score (nSPS) is 28.6. The molecule has 6 rings (SSSR count). The predicted octanol–water partition coefficient (Wildman–Crippen LogP) is 2.47. The Morgan fingerprint density at radius 1 is 1.05 bits per heavy atom. The molecule has 3 fully saturated rings. The molecular formula is C40H56N6O11S. The van der Waals surface area contributed by atoms with Crippen molar-refractivity contribution >= 4 is 51.9 Å². The molecule has 0 radical (unpaired) electrons. The van der Waals surface area contributed by atoms with Crippen molar-refractivity contribution < 1.29 is 51.4 Å². The van der Waals surface area contributed by atoms with Crippen LogP contribution < -0.4 is 20.7 Å². The van der Waals surface area contributed by atoms with Crippen LogP contribution in [0.3, 0.4) is 0 Å². The summed E-state index contributed by atoms with van der Waals surface area (Å²) in [5, 5.41) is 7.48. The summed E-state index contributed by atoms with van der Waals surface area (Å²) in [5.74, 6) is -3.34. The van der Waals surface area contributed by atoms with E-state index in [2.05, 4.69) is 20.7 Å². The Bertz CT molecular complexity index is 1970. The second-order valence-electron chi connectivity index (χ2n) is 18.0. The van der Waals surface area contributed by atoms with E-state index in [1.54, 1.807) is 47.6 Å². The molecule has 1 aromatic rings. The number of alkyl carbamates (subject to hydrolysis) is 1. The average Bonchev–Trinajstić information content (AvgIpc) is 4.01. The zero-order valence-electron chi connectivity index (χ0n) is 34.2. The molecule has 5 aliphatic rings. The van der Waals surface area contributed by atoms with Crippen LogP contribution in [0.2, 0.25) is 0 Å². The van der Waals surface area contributed by atoms with Gasteiger partial charge in [0.1, 0.15) is 35.4 Å². The van der Waals surface area contributed by atoms with E-state index in [9.17, 15) is 37.2 Å². The van der Waals surface area contributed by atoms with Crippen molar-refractivity contribution in [1.29, 1.82) is 0 Å². The van der Waals surface area contributed by atoms with Crippen LogP contribution >= 0.6 is 0 Å². The monoisotopic (exact) mass is 828 g/mol. The number of hydrogen-bond acceptors (Lipinski definition) is 11. The lowest BCUT2D eigenvalue weighted by Crippen LogP contribution is -2.62. The second kappa shape index (κ2) is 16.2. The molecule has 3 heterocycles. The topological polar surface area (TPSA) is 219 Å². The van der Waals surface area contributed by atoms with Gasteiger partial charge in [-0.25, -0.2) is 18.0 Å². The number of nitrogens with one attached hydrogen (secondary N) is 4. The maximum Gasteiger partial charge on any atom is 0.410 e. The third kappa shape index (κ3) is 9.59. The van der Waals surface area contributed by atoms with Crippen molar-refractivity contribution in [1.82, 2.24) is 30.5 Å². The quantitative estimate of drug-likeness (QED) is 0.313. The SMILES string of the molecule is CC[C@@H]1C[C@]1(NC(=O)[C@@H]1C[C@@H]2CN1C(=O)[C@H](C(C)(C)C)NC(=O)[C@@H](NC(=O)OC(C)(C)C)COC/C=C/c1cccc3c1CN(C3)C(=O)O2)C(=O)NS(=O)(=O)C1CC1. The Morgan fingerprint density at radius 2 is 1.78 bits per heavy atom. The number of benzene rings is 1. The zero-order valence-corrected chi connectivity index (χ0v) is 35.0. The molecule has 0 spiro atoms. The maximum absolute atomic E-state index is 14.8. The molecule has 18 heteroatoms. The van der Waals surface area contributed by atoms with Crippen LogP contribution in [0.1, 0.15) is 97.3 Å². The molecule has 318 valence electrons. The number of sulfonamides is 1. The molecule has 1 saturated heterocycles. The fraction of sp³-hybridized carbons (Fsp3) is 0.650. The molecule has 2 aliphatic carbocycles. The first kappa shape index (κ1) is 42.9. The Balaban J connectivity index is 1.32. The molecular weight excluding hydrogens is 773 g/mol. The molecule has 0 unspecified atom stereocenters. The summed E-state index contributed by atoms with van der Waals surface area (Å²) in [6.45, 7) is 12.1. The number of rotatable bonds is 7. The number of nitrogens with zero attached hydrogens (tertiary/aromatic N) is 2. The number of amides is 6. The van der Waals surface area contributed by atoms with Gasteiger partial charge in [0, 0.05) is 13.0 Å². The van der Waals surface area contributed by atoms with Gasteiger partial charge in [0.2, 0.25) is 27.7 Å². The summed E-state index contributed by atoms with van der Waals surface area (Å²) < 4.78 is 44.9. The highest BCUT2D eigenvalue weighted by Gasteiger charge is 2.62. The molecule has 4 N–H and O–H groups in total. The fourth-order valence-corrected chi connectivity index (χ4v) is 9.10. The summed E-state index contributed by atoms with van der Waals surface area (Å²) in [5.41, 5.74) is -0.667. The van der Waals surface area contributed by atoms with E-state index in [1.807, 2.05) is 31.2 Å². The highest BCUT2D eigenvalue weighted by molar-refractivity contribution is 7.91. The van der Waals surface area contributed by atoms with Crippen molar-refractivity contribution in [2.75, 3.05) is 19.8 Å². The molecule has 17 nitrogen and oxygen atoms in total. The van der Waals surface area contributed by atoms with Gasteiger partial charge < -0.3 is 35.1 Å². The van der Waals surface area contributed by atoms with Crippen molar-refractivity contribution in [3.05, 3.63) is 41.0 Å². The van der Waals surface area contributed by atoms with Crippen LogP contribution in [0, 0.1) is 11.3 Å². The molecule has 4 bridgehead atoms. The van der Waals surface area contributed by atoms with E-state index in [-0.39, 0.29) is 51.6 Å². The Kier molecular flexibility index (Phi) is 11.9. The van der Waals surface area contributed by atoms with Gasteiger partial charge in [-0.1, -0.05) is 64.5 Å². The average molecular weight is 829 g/mol. The van der Waals surface area contributed by atoms with E-state index in [4.69, 9.17) is 14.2 Å². The van der Waals surface area contributed by atoms with Crippen molar-refractivity contribution in [3.63, 3.8) is 0 Å². The van der Waals surface area contributed by atoms with E-state index >= 15 is 0 Å². The minimum absolute atomic E-state index is 0.0635. The Hall–Kier alpha value is -4.71. The third-order valence-electron chi connectivity index (χ3n) is 11.1. The molecule has 2 saturated carbocycles. The summed E-state index contributed by atoms with van der Waals surface area (Å²) in [6.07, 6.45) is 2.56. The van der Waals surface area contributed by atoms with Gasteiger partial charge in [0.05, 0.1) is 31.6 Å². The number of hydrogen-bond donors (Lipinski definition) is 4. The first-order chi connectivity index (χ1) is 27.1. The number of ether oxygens (including phenoxy) is 3. The molecule has 0 aromatic heterocycles. The van der Waals surface area contributed by atoms with Crippen LogP contribution in [0.25, 0.3) is 6.08 Å². The van der Waals surface area contributed by atoms with Crippen LogP contribution in [0.15, 0.2) is 24.3 Å². The zero-order chi connectivity index (χ0) is 42.4. The maximum atomic E-state index is 14.8. The van der Waals surface area contributed by atoms with Crippen LogP contribution in [-0.2, 0) is 56.5 Å². The molecule has 6 amide bonds. The van der Waals surface area contributed by atoms with Crippen LogP contribution in [-0.4, -0.2) is 114 Å². The van der Waals surface area contributed by atoms with Gasteiger partial charge >= 0.3 is 12.2 Å². The molecule has 58 heavy (non-hydrogen) atoms. The van der Waals surface area contributed by atoms with Gasteiger partial charge in [-0.05, 0) is 68.1 Å². The number of carbonyl (C=O) groups excluding carboxylic acids is 6. The van der Waals surface area contributed by atoms with E-state index in [0.29, 0.717) is 19.3 Å². The van der Waals surface area contributed by atoms with Gasteiger partial charge in [-0.2, -0.15) is 0 Å². The standard InChI is InChI=1S/C40H56N6O11S/c1-8-25-18-40(25,35(50)44-58(53,54)27-14-15-27)43-33(48)30-17-26-20-46(30)34(49)31(38(2,3)4)42-32(47)29(41-36(51)57-39(5,6)7)22-55-16-10-13-23-11-9-12-24-19-45(21-28(23)24)37(52)56-26/h9-13,25-27,29-31H,8,14-22H2,1-7H3,(H,41,51)(H,42,47)(H,43,48)(H,44,50)/b13-10+/t25-,26-,29+,30+,31-,40-/m1/s1. The lowest BCUT2D eigenvalue weighted by Gasteiger charge is -2.36. The van der Waals surface area contributed by atoms with Crippen LogP contribution in [0.5, 0.6) is 0 Å². The van der Waals surface area contributed by atoms with Crippen molar-refractivity contribution in [2.24, 2.45) is 11.3 Å². The molecule has 1 aromatic carbocycles. The second-order valence-corrected chi connectivity index (χ2v) is 19.9. The van der Waals surface area contributed by atoms with Crippen molar-refractivity contribution in [3.8, 4) is 0 Å². The van der Waals surface area contributed by atoms with E-state index in [1.165, 1.54) is 9.80 Å². The van der Waals surface area contributed by atoms with Crippen molar-refractivity contribution in [2.45, 2.75) is 134 Å². The highest BCUT2D eigenvalue weighted by atomic mass is 32.2. The molecule has 6 atom stereocenters. The van der Waals surface area contributed by atoms with E-state index in [0.717, 1.165) is 16.7 Å². The van der Waals surface area contributed by atoms with Crippen LogP contribution in [0.4, 0.5) is 9.59 Å². The number of fused-ring (bicyclic) bond motifs is 3. The smallest absolute Gasteiger partial charge is 0.410 e. The third-order valence-corrected chi connectivity index (χ3v) is 13.0. The highest BCUT2D eigenvalue weighted by Crippen LogP contribution is 2.47. The Morgan fingerprint density at radius 3 is 2.41 bits per heavy atom. The lowest BCUT2D eigenvalue weighted by molar-refractivity contribution is -0.145. The Labute approximate surface area is 339 Å². The molecule has 3 aliphatic heterocycles. The summed E-state index contributed by atoms with van der Waals surface area (Å²) in [4.78, 5) is 86.1. The van der Waals surface area contributed by atoms with E-state index < -0.39 is 91.9 Å². The van der Waals surface area contributed by atoms with Gasteiger partial charge in [-0.15, -0.1) is 0 Å². The van der Waals surface area contributed by atoms with Gasteiger partial charge in [0.25, 0.3) is 5.91 Å². The van der Waals surface area contributed by atoms with Gasteiger partial charge in [-0.3, -0.25) is 28.8 Å². The predicted molar refractivity (Wildman–Crippen MR) is 210 cm³/mol. The lowest BCUT2D eigenvalue weighted by atomic mass is 9.85. The largest absolute Gasteiger partial charge is 0.444 e. The summed E-state index contributed by atoms with van der Waals surface area (Å²) in [7, 11) is -3.92. The minimum atomic E-state index is -3.92. The minimum Gasteiger partial charge on any atom is -0.444 e. The summed E-state index contributed by atoms with van der Waals surface area (Å²) in [6, 6.07) is 1.85. The van der Waals surface area contributed by atoms with Gasteiger partial charge in [0.15, 0.2) is 0 Å². The first-order valence-corrected chi connectivity index (χ1v) is 21.5.